The average Bonchev–Trinajstić information content (AvgIpc) is 3.32. The van der Waals surface area contributed by atoms with Gasteiger partial charge in [0.15, 0.2) is 5.78 Å². The van der Waals surface area contributed by atoms with Gasteiger partial charge in [0, 0.05) is 23.4 Å². The number of ether oxygens (including phenoxy) is 2. The van der Waals surface area contributed by atoms with E-state index >= 15 is 0 Å². The minimum atomic E-state index is -1.62. The van der Waals surface area contributed by atoms with Gasteiger partial charge in [0.2, 0.25) is 5.60 Å². The van der Waals surface area contributed by atoms with Gasteiger partial charge in [-0.1, -0.05) is 36.4 Å². The van der Waals surface area contributed by atoms with E-state index in [0.29, 0.717) is 18.7 Å². The average molecular weight is 420 g/mol. The van der Waals surface area contributed by atoms with Crippen LogP contribution < -0.4 is 4.74 Å². The van der Waals surface area contributed by atoms with Crippen molar-refractivity contribution < 1.29 is 19.1 Å². The lowest BCUT2D eigenvalue weighted by Gasteiger charge is -2.40. The Morgan fingerprint density at radius 2 is 2.00 bits per heavy atom. The maximum absolute atomic E-state index is 13.9. The number of thiophene rings is 1. The first kappa shape index (κ1) is 18.1. The highest BCUT2D eigenvalue weighted by molar-refractivity contribution is 7.10. The number of nitrogens with zero attached hydrogens (tertiary/aromatic N) is 1. The fraction of sp³-hybridized carbons (Fsp3) is 0.333. The smallest absolute Gasteiger partial charge is 0.298 e. The van der Waals surface area contributed by atoms with Crippen LogP contribution in [0.1, 0.15) is 42.5 Å². The highest BCUT2D eigenvalue weighted by Gasteiger charge is 2.71. The summed E-state index contributed by atoms with van der Waals surface area (Å²) in [4.78, 5) is 29.8. The number of amides is 1. The molecule has 1 spiro atoms. The van der Waals surface area contributed by atoms with Crippen molar-refractivity contribution in [3.8, 4) is 5.75 Å². The highest BCUT2D eigenvalue weighted by Crippen LogP contribution is 2.57. The number of fused-ring (bicyclic) bond motifs is 4. The number of Topliss-reactive ketones (excluding diaryl/α,β-unsaturated/α-hetero) is 1. The molecule has 2 aromatic carbocycles. The van der Waals surface area contributed by atoms with Gasteiger partial charge in [-0.05, 0) is 48.1 Å². The van der Waals surface area contributed by atoms with Crippen LogP contribution in [0, 0.1) is 0 Å². The molecule has 1 amide bonds. The number of hydrogen-bond donors (Lipinski definition) is 0. The number of carbonyl (C=O) groups is 2. The molecule has 0 saturated carbocycles. The van der Waals surface area contributed by atoms with Crippen molar-refractivity contribution >= 4 is 33.8 Å². The van der Waals surface area contributed by atoms with Gasteiger partial charge in [0.05, 0.1) is 5.92 Å². The van der Waals surface area contributed by atoms with Crippen molar-refractivity contribution in [3.05, 3.63) is 64.4 Å². The summed E-state index contributed by atoms with van der Waals surface area (Å²) in [7, 11) is 0. The molecule has 3 aromatic rings. The zero-order valence-electron chi connectivity index (χ0n) is 16.6. The molecule has 3 atom stereocenters. The summed E-state index contributed by atoms with van der Waals surface area (Å²) in [6, 6.07) is 16.0. The van der Waals surface area contributed by atoms with E-state index in [1.165, 1.54) is 18.3 Å². The second kappa shape index (κ2) is 6.15. The van der Waals surface area contributed by atoms with Gasteiger partial charge in [-0.3, -0.25) is 19.2 Å². The minimum Gasteiger partial charge on any atom is -0.444 e. The van der Waals surface area contributed by atoms with Crippen molar-refractivity contribution in [2.45, 2.75) is 43.6 Å². The SMILES string of the molecule is CC(=O)[C@@]12O[C@]3(CCCCN3C1=O)Oc1ccc3ccccc3c1[C@@H]2c1cccs1. The molecule has 6 heteroatoms. The van der Waals surface area contributed by atoms with Gasteiger partial charge in [-0.2, -0.15) is 0 Å². The van der Waals surface area contributed by atoms with Crippen LogP contribution in [-0.2, 0) is 14.3 Å². The first-order chi connectivity index (χ1) is 14.6. The van der Waals surface area contributed by atoms with Crippen molar-refractivity contribution in [2.24, 2.45) is 0 Å². The van der Waals surface area contributed by atoms with Gasteiger partial charge in [0.1, 0.15) is 5.75 Å². The minimum absolute atomic E-state index is 0.272. The standard InChI is InChI=1S/C24H21NO4S/c1-15(26)24-21(19-9-6-14-30-19)20-17-8-3-2-7-16(17)10-11-18(20)28-23(29-24)12-4-5-13-25(23)22(24)27/h2-3,6-11,14,21H,4-5,12-13H2,1H3/t21-,23-,24-/m0/s1. The molecule has 4 heterocycles. The number of hydrogen-bond acceptors (Lipinski definition) is 5. The summed E-state index contributed by atoms with van der Waals surface area (Å²) < 4.78 is 13.1. The van der Waals surface area contributed by atoms with E-state index in [2.05, 4.69) is 0 Å². The van der Waals surface area contributed by atoms with Gasteiger partial charge >= 0.3 is 0 Å². The molecule has 0 unspecified atom stereocenters. The molecule has 2 bridgehead atoms. The summed E-state index contributed by atoms with van der Waals surface area (Å²) in [5.41, 5.74) is -0.758. The molecule has 152 valence electrons. The lowest BCUT2D eigenvalue weighted by Crippen LogP contribution is -2.55. The first-order valence-electron chi connectivity index (χ1n) is 10.3. The van der Waals surface area contributed by atoms with Crippen LogP contribution in [0.5, 0.6) is 5.75 Å². The van der Waals surface area contributed by atoms with E-state index < -0.39 is 17.4 Å². The van der Waals surface area contributed by atoms with Gasteiger partial charge < -0.3 is 4.74 Å². The molecule has 3 aliphatic rings. The topological polar surface area (TPSA) is 55.8 Å². The van der Waals surface area contributed by atoms with Crippen LogP contribution >= 0.6 is 11.3 Å². The maximum Gasteiger partial charge on any atom is 0.298 e. The lowest BCUT2D eigenvalue weighted by molar-refractivity contribution is -0.260. The number of piperidine rings is 1. The van der Waals surface area contributed by atoms with Gasteiger partial charge in [0.25, 0.3) is 11.8 Å². The summed E-state index contributed by atoms with van der Waals surface area (Å²) in [6.07, 6.45) is 2.31. The van der Waals surface area contributed by atoms with E-state index in [0.717, 1.165) is 34.1 Å². The van der Waals surface area contributed by atoms with E-state index in [1.54, 1.807) is 4.90 Å². The second-order valence-electron chi connectivity index (χ2n) is 8.27. The normalized spacial score (nSPS) is 29.8. The van der Waals surface area contributed by atoms with Crippen molar-refractivity contribution in [2.75, 3.05) is 6.54 Å². The Bertz CT molecular complexity index is 1190. The van der Waals surface area contributed by atoms with E-state index in [9.17, 15) is 9.59 Å². The zero-order chi connectivity index (χ0) is 20.5. The summed E-state index contributed by atoms with van der Waals surface area (Å²) >= 11 is 1.54. The third-order valence-electron chi connectivity index (χ3n) is 6.67. The second-order valence-corrected chi connectivity index (χ2v) is 9.25. The summed E-state index contributed by atoms with van der Waals surface area (Å²) in [6.45, 7) is 2.01. The molecule has 5 nitrogen and oxygen atoms in total. The Labute approximate surface area is 178 Å². The quantitative estimate of drug-likeness (QED) is 0.576. The molecule has 0 radical (unpaired) electrons. The largest absolute Gasteiger partial charge is 0.444 e. The Kier molecular flexibility index (Phi) is 3.71. The molecule has 0 aliphatic carbocycles. The fourth-order valence-corrected chi connectivity index (χ4v) is 6.24. The molecule has 30 heavy (non-hydrogen) atoms. The predicted molar refractivity (Wildman–Crippen MR) is 114 cm³/mol. The van der Waals surface area contributed by atoms with E-state index in [-0.39, 0.29) is 11.7 Å². The third kappa shape index (κ3) is 2.15. The van der Waals surface area contributed by atoms with Gasteiger partial charge in [-0.25, -0.2) is 0 Å². The molecule has 6 rings (SSSR count). The van der Waals surface area contributed by atoms with Crippen molar-refractivity contribution in [3.63, 3.8) is 0 Å². The summed E-state index contributed by atoms with van der Waals surface area (Å²) in [5, 5.41) is 4.00. The Morgan fingerprint density at radius 3 is 2.80 bits per heavy atom. The van der Waals surface area contributed by atoms with Crippen molar-refractivity contribution in [1.82, 2.24) is 4.90 Å². The van der Waals surface area contributed by atoms with Crippen molar-refractivity contribution in [1.29, 1.82) is 0 Å². The summed E-state index contributed by atoms with van der Waals surface area (Å²) in [5.74, 6) is -1.64. The molecule has 3 aliphatic heterocycles. The molecule has 2 fully saturated rings. The maximum atomic E-state index is 13.9. The highest BCUT2D eigenvalue weighted by atomic mass is 32.1. The van der Waals surface area contributed by atoms with Crippen LogP contribution in [0.2, 0.25) is 0 Å². The van der Waals surface area contributed by atoms with Crippen LogP contribution in [0.25, 0.3) is 10.8 Å². The molecule has 1 aromatic heterocycles. The van der Waals surface area contributed by atoms with Crippen LogP contribution in [-0.4, -0.2) is 34.6 Å². The van der Waals surface area contributed by atoms with Crippen LogP contribution in [0.3, 0.4) is 0 Å². The Balaban J connectivity index is 1.74. The fourth-order valence-electron chi connectivity index (χ4n) is 5.35. The monoisotopic (exact) mass is 419 g/mol. The zero-order valence-corrected chi connectivity index (χ0v) is 17.4. The molecular weight excluding hydrogens is 398 g/mol. The van der Waals surface area contributed by atoms with E-state index in [4.69, 9.17) is 9.47 Å². The molecule has 0 N–H and O–H groups in total. The first-order valence-corrected chi connectivity index (χ1v) is 11.2. The molecular formula is C24H21NO4S. The Morgan fingerprint density at radius 1 is 1.13 bits per heavy atom. The number of benzene rings is 2. The number of rotatable bonds is 2. The van der Waals surface area contributed by atoms with E-state index in [1.807, 2.05) is 53.9 Å². The molecule has 2 saturated heterocycles. The van der Waals surface area contributed by atoms with Crippen LogP contribution in [0.4, 0.5) is 0 Å². The third-order valence-corrected chi connectivity index (χ3v) is 7.60. The lowest BCUT2D eigenvalue weighted by atomic mass is 9.75. The Hall–Kier alpha value is -2.70. The predicted octanol–water partition coefficient (Wildman–Crippen LogP) is 4.45. The number of carbonyl (C=O) groups excluding carboxylic acids is 2. The van der Waals surface area contributed by atoms with Gasteiger partial charge in [-0.15, -0.1) is 11.3 Å². The number of ketones is 1. The van der Waals surface area contributed by atoms with Crippen LogP contribution in [0.15, 0.2) is 53.9 Å².